The van der Waals surface area contributed by atoms with E-state index < -0.39 is 18.3 Å². The number of fused-ring (bicyclic) bond motifs is 1. The fourth-order valence-electron chi connectivity index (χ4n) is 6.99. The Balaban J connectivity index is 1.69. The van der Waals surface area contributed by atoms with E-state index in [4.69, 9.17) is 9.84 Å². The zero-order valence-corrected chi connectivity index (χ0v) is 21.9. The average molecular weight is 473 g/mol. The molecule has 0 aromatic heterocycles. The van der Waals surface area contributed by atoms with Gasteiger partial charge in [0, 0.05) is 19.6 Å². The third-order valence-corrected chi connectivity index (χ3v) is 8.90. The van der Waals surface area contributed by atoms with Gasteiger partial charge in [0.1, 0.15) is 12.2 Å². The summed E-state index contributed by atoms with van der Waals surface area (Å²) in [6.45, 7) is 13.8. The number of aliphatic hydroxyl groups is 3. The van der Waals surface area contributed by atoms with Crippen molar-refractivity contribution in [2.24, 2.45) is 23.2 Å². The molecule has 0 aromatic carbocycles. The van der Waals surface area contributed by atoms with Crippen molar-refractivity contribution in [1.82, 2.24) is 0 Å². The van der Waals surface area contributed by atoms with Crippen LogP contribution < -0.4 is 0 Å². The summed E-state index contributed by atoms with van der Waals surface area (Å²) >= 11 is 0. The van der Waals surface area contributed by atoms with Crippen molar-refractivity contribution in [2.45, 2.75) is 104 Å². The molecule has 0 spiro atoms. The van der Waals surface area contributed by atoms with Gasteiger partial charge in [0.25, 0.3) is 0 Å². The normalized spacial score (nSPS) is 37.1. The minimum Gasteiger partial charge on any atom is -0.396 e. The maximum Gasteiger partial charge on any atom is 0.114 e. The van der Waals surface area contributed by atoms with Gasteiger partial charge in [-0.15, -0.1) is 0 Å². The van der Waals surface area contributed by atoms with Crippen LogP contribution in [0.4, 0.5) is 0 Å². The molecule has 3 fully saturated rings. The molecule has 4 nitrogen and oxygen atoms in total. The first kappa shape index (κ1) is 27.4. The van der Waals surface area contributed by atoms with Crippen LogP contribution in [-0.2, 0) is 4.74 Å². The van der Waals surface area contributed by atoms with Gasteiger partial charge < -0.3 is 20.1 Å². The van der Waals surface area contributed by atoms with Gasteiger partial charge in [-0.1, -0.05) is 49.8 Å². The standard InChI is InChI=1S/C30H48O4/c1-20(2)9-6-10-21(3)25-14-15-26-23(11-7-16-30(25,26)5)12-13-24-19-27(32)29(28(33)22(24)4)34-18-8-17-31/h9,12-13,21,25-29,31-33H,4,6-8,10-11,14-19H2,1-3,5H3/b23-12+,24-13-/t21-,25-,26+,27-,28-,29-,30-/m1/s1. The molecule has 0 saturated heterocycles. The van der Waals surface area contributed by atoms with Gasteiger partial charge in [-0.05, 0) is 99.5 Å². The Morgan fingerprint density at radius 3 is 2.71 bits per heavy atom. The van der Waals surface area contributed by atoms with Gasteiger partial charge in [0.15, 0.2) is 0 Å². The summed E-state index contributed by atoms with van der Waals surface area (Å²) in [6, 6.07) is 0. The van der Waals surface area contributed by atoms with Gasteiger partial charge in [-0.25, -0.2) is 0 Å². The minimum absolute atomic E-state index is 0.0355. The molecule has 3 aliphatic rings. The zero-order chi connectivity index (χ0) is 24.9. The van der Waals surface area contributed by atoms with Gasteiger partial charge in [0.05, 0.1) is 6.10 Å². The second-order valence-corrected chi connectivity index (χ2v) is 11.5. The van der Waals surface area contributed by atoms with Gasteiger partial charge in [-0.3, -0.25) is 0 Å². The van der Waals surface area contributed by atoms with E-state index in [1.54, 1.807) is 5.57 Å². The second kappa shape index (κ2) is 12.2. The van der Waals surface area contributed by atoms with Crippen LogP contribution in [0, 0.1) is 23.2 Å². The zero-order valence-electron chi connectivity index (χ0n) is 21.9. The fraction of sp³-hybridized carbons (Fsp3) is 0.733. The van der Waals surface area contributed by atoms with E-state index in [9.17, 15) is 10.2 Å². The Morgan fingerprint density at radius 2 is 2.00 bits per heavy atom. The summed E-state index contributed by atoms with van der Waals surface area (Å²) in [5.74, 6) is 2.16. The van der Waals surface area contributed by atoms with Crippen molar-refractivity contribution in [3.63, 3.8) is 0 Å². The predicted molar refractivity (Wildman–Crippen MR) is 139 cm³/mol. The molecule has 0 aliphatic heterocycles. The van der Waals surface area contributed by atoms with Crippen LogP contribution in [0.5, 0.6) is 0 Å². The number of ether oxygens (including phenoxy) is 1. The van der Waals surface area contributed by atoms with E-state index >= 15 is 0 Å². The number of hydrogen-bond acceptors (Lipinski definition) is 4. The monoisotopic (exact) mass is 472 g/mol. The first-order valence-corrected chi connectivity index (χ1v) is 13.5. The molecular formula is C30H48O4. The smallest absolute Gasteiger partial charge is 0.114 e. The Bertz CT molecular complexity index is 790. The minimum atomic E-state index is -0.916. The third-order valence-electron chi connectivity index (χ3n) is 8.90. The molecule has 3 N–H and O–H groups in total. The Hall–Kier alpha value is -1.20. The van der Waals surface area contributed by atoms with Gasteiger partial charge in [0.2, 0.25) is 0 Å². The maximum absolute atomic E-state index is 10.7. The van der Waals surface area contributed by atoms with Crippen LogP contribution in [-0.4, -0.2) is 46.8 Å². The lowest BCUT2D eigenvalue weighted by molar-refractivity contribution is -0.0968. The second-order valence-electron chi connectivity index (χ2n) is 11.5. The fourth-order valence-corrected chi connectivity index (χ4v) is 6.99. The maximum atomic E-state index is 10.7. The van der Waals surface area contributed by atoms with E-state index in [2.05, 4.69) is 52.5 Å². The Kier molecular flexibility index (Phi) is 9.80. The average Bonchev–Trinajstić information content (AvgIpc) is 3.15. The molecule has 0 amide bonds. The topological polar surface area (TPSA) is 69.9 Å². The van der Waals surface area contributed by atoms with Crippen molar-refractivity contribution >= 4 is 0 Å². The molecule has 192 valence electrons. The lowest BCUT2D eigenvalue weighted by Crippen LogP contribution is -2.45. The summed E-state index contributed by atoms with van der Waals surface area (Å²) in [5, 5.41) is 30.3. The van der Waals surface area contributed by atoms with E-state index in [1.165, 1.54) is 44.1 Å². The highest BCUT2D eigenvalue weighted by Crippen LogP contribution is 2.59. The van der Waals surface area contributed by atoms with E-state index in [0.717, 1.165) is 23.8 Å². The van der Waals surface area contributed by atoms with Crippen LogP contribution >= 0.6 is 0 Å². The summed E-state index contributed by atoms with van der Waals surface area (Å²) in [6.07, 6.45) is 14.1. The molecule has 0 aromatic rings. The largest absolute Gasteiger partial charge is 0.396 e. The highest BCUT2D eigenvalue weighted by atomic mass is 16.5. The first-order chi connectivity index (χ1) is 16.2. The van der Waals surface area contributed by atoms with Gasteiger partial charge in [-0.2, -0.15) is 0 Å². The van der Waals surface area contributed by atoms with Crippen LogP contribution in [0.1, 0.15) is 85.5 Å². The molecule has 7 atom stereocenters. The molecule has 3 rings (SSSR count). The lowest BCUT2D eigenvalue weighted by atomic mass is 9.60. The predicted octanol–water partition coefficient (Wildman–Crippen LogP) is 5.89. The number of rotatable bonds is 9. The Labute approximate surface area is 207 Å². The molecule has 0 bridgehead atoms. The van der Waals surface area contributed by atoms with Crippen LogP contribution in [0.25, 0.3) is 0 Å². The van der Waals surface area contributed by atoms with Crippen molar-refractivity contribution in [3.05, 3.63) is 47.1 Å². The van der Waals surface area contributed by atoms with Crippen LogP contribution in [0.3, 0.4) is 0 Å². The quantitative estimate of drug-likeness (QED) is 0.289. The number of aliphatic hydroxyl groups excluding tert-OH is 3. The van der Waals surface area contributed by atoms with Crippen molar-refractivity contribution in [3.8, 4) is 0 Å². The molecule has 0 heterocycles. The summed E-state index contributed by atoms with van der Waals surface area (Å²) in [4.78, 5) is 0. The molecule has 4 heteroatoms. The van der Waals surface area contributed by atoms with E-state index in [1.807, 2.05) is 0 Å². The molecule has 0 unspecified atom stereocenters. The van der Waals surface area contributed by atoms with E-state index in [-0.39, 0.29) is 6.61 Å². The summed E-state index contributed by atoms with van der Waals surface area (Å²) in [7, 11) is 0. The first-order valence-electron chi connectivity index (χ1n) is 13.5. The SMILES string of the molecule is C=C1/C(=C\C=C2/CCC[C@]3(C)[C@@H]([C@H](C)CCC=C(C)C)CC[C@@H]23)C[C@@H](O)[C@@H](OCCCO)[C@@H]1O. The number of allylic oxidation sites excluding steroid dienone is 5. The molecular weight excluding hydrogens is 424 g/mol. The highest BCUT2D eigenvalue weighted by Gasteiger charge is 2.50. The van der Waals surface area contributed by atoms with Gasteiger partial charge >= 0.3 is 0 Å². The summed E-state index contributed by atoms with van der Waals surface area (Å²) in [5.41, 5.74) is 4.90. The van der Waals surface area contributed by atoms with E-state index in [0.29, 0.717) is 36.4 Å². The highest BCUT2D eigenvalue weighted by molar-refractivity contribution is 5.40. The third kappa shape index (κ3) is 6.13. The van der Waals surface area contributed by atoms with Crippen molar-refractivity contribution < 1.29 is 20.1 Å². The van der Waals surface area contributed by atoms with Crippen LogP contribution in [0.2, 0.25) is 0 Å². The van der Waals surface area contributed by atoms with Crippen molar-refractivity contribution in [2.75, 3.05) is 13.2 Å². The summed E-state index contributed by atoms with van der Waals surface area (Å²) < 4.78 is 5.64. The van der Waals surface area contributed by atoms with Crippen molar-refractivity contribution in [1.29, 1.82) is 0 Å². The molecule has 3 aliphatic carbocycles. The van der Waals surface area contributed by atoms with Crippen LogP contribution in [0.15, 0.2) is 47.1 Å². The molecule has 34 heavy (non-hydrogen) atoms. The lowest BCUT2D eigenvalue weighted by Gasteiger charge is -2.44. The molecule has 3 saturated carbocycles. The molecule has 0 radical (unpaired) electrons. The number of hydrogen-bond donors (Lipinski definition) is 3. The Morgan fingerprint density at radius 1 is 1.24 bits per heavy atom.